The van der Waals surface area contributed by atoms with Crippen molar-refractivity contribution in [2.24, 2.45) is 0 Å². The van der Waals surface area contributed by atoms with Crippen LogP contribution in [-0.4, -0.2) is 35.6 Å². The average Bonchev–Trinajstić information content (AvgIpc) is 2.55. The number of rotatable bonds is 3. The third kappa shape index (κ3) is 2.82. The third-order valence-electron chi connectivity index (χ3n) is 3.70. The molecule has 3 rings (SSSR count). The van der Waals surface area contributed by atoms with Gasteiger partial charge in [0.2, 0.25) is 5.82 Å². The second-order valence-corrected chi connectivity index (χ2v) is 5.16. The van der Waals surface area contributed by atoms with Crippen LogP contribution in [-0.2, 0) is 4.74 Å². The lowest BCUT2D eigenvalue weighted by atomic mass is 10.1. The highest BCUT2D eigenvalue weighted by atomic mass is 16.5. The lowest BCUT2D eigenvalue weighted by Gasteiger charge is -2.28. The van der Waals surface area contributed by atoms with Crippen LogP contribution in [0.3, 0.4) is 0 Å². The van der Waals surface area contributed by atoms with Crippen molar-refractivity contribution in [1.29, 1.82) is 0 Å². The van der Waals surface area contributed by atoms with Crippen LogP contribution in [0.4, 0.5) is 5.82 Å². The van der Waals surface area contributed by atoms with E-state index in [1.807, 2.05) is 24.3 Å². The van der Waals surface area contributed by atoms with Crippen molar-refractivity contribution in [2.75, 3.05) is 24.6 Å². The van der Waals surface area contributed by atoms with Crippen LogP contribution in [0.25, 0.3) is 10.9 Å². The fourth-order valence-electron chi connectivity index (χ4n) is 2.69. The van der Waals surface area contributed by atoms with Gasteiger partial charge >= 0.3 is 5.97 Å². The van der Waals surface area contributed by atoms with E-state index in [1.165, 1.54) is 6.42 Å². The van der Waals surface area contributed by atoms with Crippen molar-refractivity contribution in [1.82, 2.24) is 9.97 Å². The number of benzene rings is 1. The number of esters is 1. The van der Waals surface area contributed by atoms with E-state index in [9.17, 15) is 4.79 Å². The van der Waals surface area contributed by atoms with E-state index in [0.29, 0.717) is 6.61 Å². The minimum Gasteiger partial charge on any atom is -0.460 e. The predicted molar refractivity (Wildman–Crippen MR) is 81.6 cm³/mol. The lowest BCUT2D eigenvalue weighted by Crippen LogP contribution is -2.31. The van der Waals surface area contributed by atoms with Gasteiger partial charge in [0.05, 0.1) is 12.1 Å². The summed E-state index contributed by atoms with van der Waals surface area (Å²) in [6, 6.07) is 7.81. The van der Waals surface area contributed by atoms with Crippen molar-refractivity contribution in [3.05, 3.63) is 30.1 Å². The van der Waals surface area contributed by atoms with Crippen LogP contribution in [0.15, 0.2) is 24.3 Å². The molecule has 1 aromatic carbocycles. The van der Waals surface area contributed by atoms with Crippen molar-refractivity contribution < 1.29 is 9.53 Å². The van der Waals surface area contributed by atoms with Gasteiger partial charge in [0.25, 0.3) is 0 Å². The molecule has 1 aliphatic rings. The molecule has 1 saturated heterocycles. The summed E-state index contributed by atoms with van der Waals surface area (Å²) in [5.41, 5.74) is 0.788. The lowest BCUT2D eigenvalue weighted by molar-refractivity contribution is 0.0512. The van der Waals surface area contributed by atoms with Gasteiger partial charge in [0.1, 0.15) is 5.82 Å². The van der Waals surface area contributed by atoms with Crippen molar-refractivity contribution in [3.63, 3.8) is 0 Å². The molecule has 2 aromatic rings. The number of anilines is 1. The number of carbonyl (C=O) groups is 1. The van der Waals surface area contributed by atoms with Crippen LogP contribution in [0.5, 0.6) is 0 Å². The van der Waals surface area contributed by atoms with E-state index in [-0.39, 0.29) is 5.82 Å². The monoisotopic (exact) mass is 285 g/mol. The van der Waals surface area contributed by atoms with Gasteiger partial charge in [0.15, 0.2) is 0 Å². The number of hydrogen-bond acceptors (Lipinski definition) is 5. The average molecular weight is 285 g/mol. The first-order chi connectivity index (χ1) is 10.3. The van der Waals surface area contributed by atoms with Crippen molar-refractivity contribution in [3.8, 4) is 0 Å². The number of carbonyl (C=O) groups excluding carboxylic acids is 1. The Hall–Kier alpha value is -2.17. The Bertz CT molecular complexity index is 651. The SMILES string of the molecule is CCOC(=O)c1nc(N2CCCCC2)c2ccccc2n1. The molecule has 0 amide bonds. The Morgan fingerprint density at radius 2 is 1.95 bits per heavy atom. The standard InChI is InChI=1S/C16H19N3O2/c1-2-21-16(20)14-17-13-9-5-4-8-12(13)15(18-14)19-10-6-3-7-11-19/h4-5,8-9H,2-3,6-7,10-11H2,1H3. The zero-order valence-electron chi connectivity index (χ0n) is 12.2. The Balaban J connectivity index is 2.08. The van der Waals surface area contributed by atoms with Gasteiger partial charge in [-0.05, 0) is 38.3 Å². The highest BCUT2D eigenvalue weighted by molar-refractivity contribution is 5.94. The fourth-order valence-corrected chi connectivity index (χ4v) is 2.69. The Morgan fingerprint density at radius 3 is 2.71 bits per heavy atom. The highest BCUT2D eigenvalue weighted by Gasteiger charge is 2.19. The Labute approximate surface area is 124 Å². The van der Waals surface area contributed by atoms with E-state index < -0.39 is 5.97 Å². The van der Waals surface area contributed by atoms with Crippen LogP contribution >= 0.6 is 0 Å². The van der Waals surface area contributed by atoms with Crippen molar-refractivity contribution >= 4 is 22.7 Å². The van der Waals surface area contributed by atoms with Gasteiger partial charge in [-0.3, -0.25) is 0 Å². The second kappa shape index (κ2) is 6.08. The van der Waals surface area contributed by atoms with Crippen molar-refractivity contribution in [2.45, 2.75) is 26.2 Å². The number of hydrogen-bond donors (Lipinski definition) is 0. The first-order valence-electron chi connectivity index (χ1n) is 7.48. The van der Waals surface area contributed by atoms with Gasteiger partial charge in [-0.25, -0.2) is 14.8 Å². The van der Waals surface area contributed by atoms with Crippen LogP contribution in [0, 0.1) is 0 Å². The summed E-state index contributed by atoms with van der Waals surface area (Å²) in [6.07, 6.45) is 3.57. The molecule has 0 spiro atoms. The molecule has 0 bridgehead atoms. The van der Waals surface area contributed by atoms with Gasteiger partial charge in [-0.1, -0.05) is 12.1 Å². The van der Waals surface area contributed by atoms with Gasteiger partial charge in [0, 0.05) is 18.5 Å². The quantitative estimate of drug-likeness (QED) is 0.812. The maximum Gasteiger partial charge on any atom is 0.376 e. The Kier molecular flexibility index (Phi) is 3.99. The molecule has 0 saturated carbocycles. The minimum atomic E-state index is -0.457. The highest BCUT2D eigenvalue weighted by Crippen LogP contribution is 2.26. The van der Waals surface area contributed by atoms with Gasteiger partial charge in [-0.2, -0.15) is 0 Å². The van der Waals surface area contributed by atoms with Crippen LogP contribution in [0.1, 0.15) is 36.8 Å². The molecule has 21 heavy (non-hydrogen) atoms. The predicted octanol–water partition coefficient (Wildman–Crippen LogP) is 2.80. The number of fused-ring (bicyclic) bond motifs is 1. The summed E-state index contributed by atoms with van der Waals surface area (Å²) < 4.78 is 5.04. The number of ether oxygens (including phenoxy) is 1. The van der Waals surface area contributed by atoms with Gasteiger partial charge < -0.3 is 9.64 Å². The summed E-state index contributed by atoms with van der Waals surface area (Å²) in [5, 5.41) is 0.993. The second-order valence-electron chi connectivity index (χ2n) is 5.16. The molecule has 5 nitrogen and oxygen atoms in total. The zero-order valence-corrected chi connectivity index (χ0v) is 12.2. The van der Waals surface area contributed by atoms with E-state index >= 15 is 0 Å². The summed E-state index contributed by atoms with van der Waals surface area (Å²) in [7, 11) is 0. The summed E-state index contributed by atoms with van der Waals surface area (Å²) in [4.78, 5) is 23.0. The van der Waals surface area contributed by atoms with Gasteiger partial charge in [-0.15, -0.1) is 0 Å². The molecular weight excluding hydrogens is 266 g/mol. The zero-order chi connectivity index (χ0) is 14.7. The fraction of sp³-hybridized carbons (Fsp3) is 0.438. The molecule has 0 aliphatic carbocycles. The first kappa shape index (κ1) is 13.8. The number of nitrogens with zero attached hydrogens (tertiary/aromatic N) is 3. The molecule has 1 aromatic heterocycles. The summed E-state index contributed by atoms with van der Waals surface area (Å²) in [6.45, 7) is 4.06. The number of aromatic nitrogens is 2. The summed E-state index contributed by atoms with van der Waals surface area (Å²) >= 11 is 0. The van der Waals surface area contributed by atoms with E-state index in [0.717, 1.165) is 42.7 Å². The smallest absolute Gasteiger partial charge is 0.376 e. The molecule has 5 heteroatoms. The number of piperidine rings is 1. The normalized spacial score (nSPS) is 15.2. The molecular formula is C16H19N3O2. The van der Waals surface area contributed by atoms with E-state index in [4.69, 9.17) is 4.74 Å². The van der Waals surface area contributed by atoms with E-state index in [2.05, 4.69) is 14.9 Å². The topological polar surface area (TPSA) is 55.3 Å². The maximum atomic E-state index is 12.0. The molecule has 0 radical (unpaired) electrons. The van der Waals surface area contributed by atoms with E-state index in [1.54, 1.807) is 6.92 Å². The van der Waals surface area contributed by atoms with Crippen LogP contribution < -0.4 is 4.90 Å². The molecule has 0 N–H and O–H groups in total. The largest absolute Gasteiger partial charge is 0.460 e. The molecule has 0 atom stereocenters. The third-order valence-corrected chi connectivity index (χ3v) is 3.70. The van der Waals surface area contributed by atoms with Crippen LogP contribution in [0.2, 0.25) is 0 Å². The molecule has 2 heterocycles. The first-order valence-corrected chi connectivity index (χ1v) is 7.48. The molecule has 0 unspecified atom stereocenters. The molecule has 1 fully saturated rings. The maximum absolute atomic E-state index is 12.0. The number of para-hydroxylation sites is 1. The minimum absolute atomic E-state index is 0.149. The molecule has 110 valence electrons. The molecule has 1 aliphatic heterocycles. The summed E-state index contributed by atoms with van der Waals surface area (Å²) in [5.74, 6) is 0.543. The Morgan fingerprint density at radius 1 is 1.19 bits per heavy atom.